The summed E-state index contributed by atoms with van der Waals surface area (Å²) in [6.07, 6.45) is 6.18. The smallest absolute Gasteiger partial charge is 0.246 e. The molecular weight excluding hydrogens is 1140 g/mol. The fourth-order valence-corrected chi connectivity index (χ4v) is 8.00. The van der Waals surface area contributed by atoms with Crippen molar-refractivity contribution in [1.82, 2.24) is 53.2 Å². The number of nitrogens with zero attached hydrogens (tertiary/aromatic N) is 2. The summed E-state index contributed by atoms with van der Waals surface area (Å²) in [5.41, 5.74) is 10.2. The Morgan fingerprint density at radius 3 is 1.28 bits per heavy atom. The second kappa shape index (κ2) is 54.0. The van der Waals surface area contributed by atoms with Crippen molar-refractivity contribution < 1.29 is 72.5 Å². The quantitative estimate of drug-likeness (QED) is 0.0173. The van der Waals surface area contributed by atoms with E-state index in [1.165, 1.54) is 0 Å². The van der Waals surface area contributed by atoms with Gasteiger partial charge in [-0.1, -0.05) is 38.0 Å². The lowest BCUT2D eigenvalue weighted by Crippen LogP contribution is -2.57. The van der Waals surface area contributed by atoms with E-state index in [0.717, 1.165) is 6.42 Å². The van der Waals surface area contributed by atoms with Crippen molar-refractivity contribution in [1.29, 1.82) is 0 Å². The summed E-state index contributed by atoms with van der Waals surface area (Å²) < 4.78 is 21.5. The molecule has 0 fully saturated rings. The van der Waals surface area contributed by atoms with Gasteiger partial charge >= 0.3 is 0 Å². The second-order valence-corrected chi connectivity index (χ2v) is 21.8. The van der Waals surface area contributed by atoms with Crippen LogP contribution in [0.2, 0.25) is 0 Å². The van der Waals surface area contributed by atoms with Gasteiger partial charge in [0.2, 0.25) is 47.3 Å². The van der Waals surface area contributed by atoms with Gasteiger partial charge in [0.25, 0.3) is 0 Å². The Kier molecular flexibility index (Phi) is 53.0. The maximum Gasteiger partial charge on any atom is 0.246 e. The van der Waals surface area contributed by atoms with Crippen LogP contribution >= 0.6 is 0 Å². The van der Waals surface area contributed by atoms with E-state index >= 15 is 0 Å². The number of ketones is 1. The first kappa shape index (κ1) is 86.3. The van der Waals surface area contributed by atoms with Crippen LogP contribution in [0, 0.1) is 5.92 Å². The van der Waals surface area contributed by atoms with E-state index in [0.29, 0.717) is 102 Å². The number of carbonyl (C=O) groups is 9. The van der Waals surface area contributed by atoms with Gasteiger partial charge in [-0.15, -0.1) is 0 Å². The molecule has 0 bridgehead atoms. The van der Waals surface area contributed by atoms with Crippen LogP contribution in [0.1, 0.15) is 166 Å². The van der Waals surface area contributed by atoms with E-state index in [9.17, 15) is 53.6 Å². The minimum atomic E-state index is -0.687. The first-order valence-corrected chi connectivity index (χ1v) is 30.7. The number of hydrogen-bond donors (Lipinski definition) is 14. The third-order valence-electron chi connectivity index (χ3n) is 14.1. The number of primary amides is 2. The first-order valence-electron chi connectivity index (χ1n) is 30.7. The van der Waals surface area contributed by atoms with E-state index in [1.807, 2.05) is 41.5 Å². The zero-order valence-electron chi connectivity index (χ0n) is 54.0. The molecule has 3 atom stereocenters. The molecular formula is C59H116N14O15. The molecule has 8 amide bonds. The van der Waals surface area contributed by atoms with E-state index < -0.39 is 40.9 Å². The number of nitrogens with two attached hydrogens (primary N) is 2. The van der Waals surface area contributed by atoms with Crippen molar-refractivity contribution in [2.24, 2.45) is 27.7 Å². The molecule has 0 radical (unpaired) electrons. The average Bonchev–Trinajstić information content (AvgIpc) is 3.56. The molecule has 0 aromatic rings. The number of carbonyl (C=O) groups excluding carboxylic acids is 9. The molecule has 0 saturated carbocycles. The average molecular weight is 1260 g/mol. The molecule has 0 spiro atoms. The van der Waals surface area contributed by atoms with Crippen LogP contribution in [0.25, 0.3) is 0 Å². The number of likely N-dealkylation sites (N-methyl/N-ethyl adjacent to an activating group) is 2. The molecule has 0 aliphatic carbocycles. The summed E-state index contributed by atoms with van der Waals surface area (Å²) in [5, 5.41) is 54.6. The number of rotatable bonds is 55. The lowest BCUT2D eigenvalue weighted by molar-refractivity contribution is -0.130. The van der Waals surface area contributed by atoms with E-state index in [4.69, 9.17) is 30.4 Å². The summed E-state index contributed by atoms with van der Waals surface area (Å²) in [5.74, 6) is -3.28. The Balaban J connectivity index is -0.0000238. The van der Waals surface area contributed by atoms with Crippen LogP contribution < -0.4 is 64.6 Å². The highest BCUT2D eigenvalue weighted by Gasteiger charge is 2.28. The molecule has 0 heterocycles. The van der Waals surface area contributed by atoms with Gasteiger partial charge in [-0.2, -0.15) is 0 Å². The number of hydrogen-bond acceptors (Lipinski definition) is 21. The summed E-state index contributed by atoms with van der Waals surface area (Å²) in [7, 11) is 3.32. The van der Waals surface area contributed by atoms with Gasteiger partial charge in [0.15, 0.2) is 0 Å². The van der Waals surface area contributed by atoms with Gasteiger partial charge in [0.1, 0.15) is 19.0 Å². The number of ether oxygens (including phenoxy) is 4. The van der Waals surface area contributed by atoms with Crippen molar-refractivity contribution in [3.05, 3.63) is 0 Å². The Morgan fingerprint density at radius 2 is 0.852 bits per heavy atom. The molecule has 0 unspecified atom stereocenters. The molecule has 29 heteroatoms. The fourth-order valence-electron chi connectivity index (χ4n) is 8.00. The van der Waals surface area contributed by atoms with Crippen LogP contribution in [-0.4, -0.2) is 217 Å². The zero-order chi connectivity index (χ0) is 65.9. The number of unbranched alkanes of at least 4 members (excludes halogenated alkanes) is 3. The standard InChI is InChI=1S/C56H106N14O15.C2H6.CH4/c1-40(69-80)55(3,4)66-36-43(37-67-56(5,6)41(2)70-81)68-49(74)23-15-18-44(71)35-42(54(79)65-26-14-11-20-46(60-8)53(58)78)17-9-12-24-61-47(72)21-16-22-48(73)63-27-29-82-31-34-85-39-51(76)64-28-30-83-32-33-84-38-50(75)62-25-13-10-19-45(59-7)52(57)77;1-2;/h42-43,45-46,59-60,66-67,80-81H,9-39H2,1-8H3,(H2,57,77)(H2,58,78)(H,61,72)(H,62,75)(H,63,73)(H,64,76)(H,65,79)(H,68,74);1-2H3;1H4/b69-40+,70-41+;;/t42-,45+,46+;;/m1../s1. The van der Waals surface area contributed by atoms with E-state index in [-0.39, 0.29) is 159 Å². The highest BCUT2D eigenvalue weighted by molar-refractivity contribution is 5.91. The molecule has 0 aliphatic heterocycles. The highest BCUT2D eigenvalue weighted by Crippen LogP contribution is 2.17. The molecule has 29 nitrogen and oxygen atoms in total. The third-order valence-corrected chi connectivity index (χ3v) is 14.1. The van der Waals surface area contributed by atoms with Crippen LogP contribution in [0.5, 0.6) is 0 Å². The molecule has 0 rings (SSSR count). The Morgan fingerprint density at radius 1 is 0.477 bits per heavy atom. The highest BCUT2D eigenvalue weighted by atomic mass is 16.5. The molecule has 0 aromatic carbocycles. The van der Waals surface area contributed by atoms with Crippen LogP contribution in [0.4, 0.5) is 0 Å². The van der Waals surface area contributed by atoms with Crippen molar-refractivity contribution >= 4 is 64.5 Å². The van der Waals surface area contributed by atoms with Gasteiger partial charge in [0.05, 0.1) is 80.3 Å². The third kappa shape index (κ3) is 46.2. The SMILES string of the molecule is C.CC.CN[C@@H](CCCCNC(=O)COCCOCCNC(=O)COCCOCCNC(=O)CCCC(=O)NCCCC[C@H](CC(=O)CCCC(=O)NC(CNC(C)(C)/C(C)=N/O)CNC(C)(C)/C(C)=N/O)C(=O)NCCCC[C@H](NC)C(N)=O)C(N)=O. The number of oxime groups is 2. The maximum atomic E-state index is 13.4. The monoisotopic (exact) mass is 1260 g/mol. The van der Waals surface area contributed by atoms with Crippen LogP contribution in [0.3, 0.4) is 0 Å². The number of amides is 8. The molecule has 0 aromatic heterocycles. The largest absolute Gasteiger partial charge is 0.411 e. The van der Waals surface area contributed by atoms with Crippen LogP contribution in [0.15, 0.2) is 10.3 Å². The van der Waals surface area contributed by atoms with Crippen molar-refractivity contribution in [2.75, 3.05) is 113 Å². The predicted molar refractivity (Wildman–Crippen MR) is 339 cm³/mol. The summed E-state index contributed by atoms with van der Waals surface area (Å²) in [4.78, 5) is 112. The maximum absolute atomic E-state index is 13.4. The lowest BCUT2D eigenvalue weighted by atomic mass is 9.93. The number of Topliss-reactive ketones (excluding diaryl/α,β-unsaturated/α-hetero) is 1. The van der Waals surface area contributed by atoms with Crippen molar-refractivity contribution in [3.63, 3.8) is 0 Å². The Labute approximate surface area is 523 Å². The second-order valence-electron chi connectivity index (χ2n) is 21.8. The molecule has 0 saturated heterocycles. The molecule has 88 heavy (non-hydrogen) atoms. The van der Waals surface area contributed by atoms with Gasteiger partial charge in [-0.25, -0.2) is 0 Å². The van der Waals surface area contributed by atoms with E-state index in [2.05, 4.69) is 63.5 Å². The van der Waals surface area contributed by atoms with Gasteiger partial charge < -0.3 is 94.0 Å². The topological polar surface area (TPSA) is 428 Å². The predicted octanol–water partition coefficient (Wildman–Crippen LogP) is 0.791. The summed E-state index contributed by atoms with van der Waals surface area (Å²) in [6.45, 7) is 18.0. The molecule has 512 valence electrons. The fraction of sp³-hybridized carbons (Fsp3) is 0.814. The molecule has 16 N–H and O–H groups in total. The van der Waals surface area contributed by atoms with Crippen molar-refractivity contribution in [2.45, 2.75) is 195 Å². The zero-order valence-corrected chi connectivity index (χ0v) is 54.0. The Bertz CT molecular complexity index is 2000. The minimum absolute atomic E-state index is 0. The minimum Gasteiger partial charge on any atom is -0.411 e. The summed E-state index contributed by atoms with van der Waals surface area (Å²) in [6, 6.07) is -1.30. The Hall–Kier alpha value is -5.95. The van der Waals surface area contributed by atoms with Gasteiger partial charge in [0, 0.05) is 83.8 Å². The number of nitrogens with one attached hydrogen (secondary N) is 10. The van der Waals surface area contributed by atoms with Gasteiger partial charge in [-0.3, -0.25) is 43.2 Å². The summed E-state index contributed by atoms with van der Waals surface area (Å²) >= 11 is 0. The lowest BCUT2D eigenvalue weighted by Gasteiger charge is -2.32. The van der Waals surface area contributed by atoms with E-state index in [1.54, 1.807) is 27.9 Å². The first-order chi connectivity index (χ1) is 41.4. The van der Waals surface area contributed by atoms with Crippen molar-refractivity contribution in [3.8, 4) is 0 Å². The van der Waals surface area contributed by atoms with Gasteiger partial charge in [-0.05, 0) is 120 Å². The van der Waals surface area contributed by atoms with Crippen LogP contribution in [-0.2, 0) is 62.1 Å². The normalized spacial score (nSPS) is 12.8. The molecule has 0 aliphatic rings.